The second kappa shape index (κ2) is 6.72. The van der Waals surface area contributed by atoms with Gasteiger partial charge in [0.2, 0.25) is 0 Å². The molecule has 0 amide bonds. The number of rotatable bonds is 5. The Bertz CT molecular complexity index is 936. The summed E-state index contributed by atoms with van der Waals surface area (Å²) in [6.45, 7) is 0.570. The van der Waals surface area contributed by atoms with Crippen molar-refractivity contribution in [2.45, 2.75) is 6.61 Å². The molecule has 4 rings (SSSR count). The van der Waals surface area contributed by atoms with E-state index in [0.29, 0.717) is 6.61 Å². The summed E-state index contributed by atoms with van der Waals surface area (Å²) in [5.74, 6) is 0.862. The minimum absolute atomic E-state index is 0.570. The number of hydrogen-bond donors (Lipinski definition) is 1. The topological polar surface area (TPSA) is 34.1 Å². The minimum Gasteiger partial charge on any atom is -0.489 e. The average molecular weight is 332 g/mol. The molecule has 1 heterocycles. The van der Waals surface area contributed by atoms with Crippen LogP contribution in [0.5, 0.6) is 5.75 Å². The van der Waals surface area contributed by atoms with Crippen molar-refractivity contribution in [1.29, 1.82) is 0 Å². The van der Waals surface area contributed by atoms with Gasteiger partial charge in [0.05, 0.1) is 10.2 Å². The van der Waals surface area contributed by atoms with Crippen molar-refractivity contribution < 1.29 is 4.74 Å². The summed E-state index contributed by atoms with van der Waals surface area (Å²) in [4.78, 5) is 4.62. The molecule has 0 aliphatic rings. The van der Waals surface area contributed by atoms with Gasteiger partial charge < -0.3 is 10.1 Å². The summed E-state index contributed by atoms with van der Waals surface area (Å²) in [5, 5.41) is 4.22. The Morgan fingerprint density at radius 3 is 2.42 bits per heavy atom. The van der Waals surface area contributed by atoms with Crippen LogP contribution in [0.25, 0.3) is 10.2 Å². The molecule has 118 valence electrons. The van der Waals surface area contributed by atoms with Gasteiger partial charge >= 0.3 is 0 Å². The van der Waals surface area contributed by atoms with Gasteiger partial charge in [-0.2, -0.15) is 0 Å². The number of nitrogens with zero attached hydrogens (tertiary/aromatic N) is 1. The number of thiazole rings is 1. The van der Waals surface area contributed by atoms with E-state index in [2.05, 4.69) is 22.4 Å². The summed E-state index contributed by atoms with van der Waals surface area (Å²) in [5.41, 5.74) is 3.18. The number of ether oxygens (including phenoxy) is 1. The molecule has 0 fully saturated rings. The van der Waals surface area contributed by atoms with Crippen molar-refractivity contribution in [2.24, 2.45) is 0 Å². The summed E-state index contributed by atoms with van der Waals surface area (Å²) >= 11 is 1.63. The largest absolute Gasteiger partial charge is 0.489 e. The van der Waals surface area contributed by atoms with E-state index in [1.54, 1.807) is 11.3 Å². The molecule has 4 heteroatoms. The first-order valence-corrected chi connectivity index (χ1v) is 8.58. The van der Waals surface area contributed by atoms with Crippen molar-refractivity contribution in [3.05, 3.63) is 84.4 Å². The Labute approximate surface area is 144 Å². The fraction of sp³-hybridized carbons (Fsp3) is 0.0500. The highest BCUT2D eigenvalue weighted by Crippen LogP contribution is 2.31. The lowest BCUT2D eigenvalue weighted by atomic mass is 10.2. The van der Waals surface area contributed by atoms with Crippen LogP contribution in [0.3, 0.4) is 0 Å². The van der Waals surface area contributed by atoms with Crippen molar-refractivity contribution in [3.63, 3.8) is 0 Å². The maximum absolute atomic E-state index is 5.89. The standard InChI is InChI=1S/C20H16N2OS/c1-3-7-15(8-4-1)14-23-17-11-12-18-19(13-17)24-20(22-18)21-16-9-5-2-6-10-16/h1-13H,14H2,(H,21,22). The van der Waals surface area contributed by atoms with Gasteiger partial charge in [0.1, 0.15) is 12.4 Å². The Balaban J connectivity index is 1.51. The third kappa shape index (κ3) is 3.39. The maximum Gasteiger partial charge on any atom is 0.188 e. The molecular formula is C20H16N2OS. The zero-order chi connectivity index (χ0) is 16.2. The highest BCUT2D eigenvalue weighted by atomic mass is 32.1. The average Bonchev–Trinajstić information content (AvgIpc) is 3.03. The highest BCUT2D eigenvalue weighted by Gasteiger charge is 2.06. The second-order valence-electron chi connectivity index (χ2n) is 5.41. The number of anilines is 2. The third-order valence-electron chi connectivity index (χ3n) is 3.63. The van der Waals surface area contributed by atoms with Crippen LogP contribution in [0.1, 0.15) is 5.56 Å². The lowest BCUT2D eigenvalue weighted by Gasteiger charge is -2.05. The van der Waals surface area contributed by atoms with E-state index >= 15 is 0 Å². The first-order chi connectivity index (χ1) is 11.9. The van der Waals surface area contributed by atoms with Crippen LogP contribution in [0.15, 0.2) is 78.9 Å². The molecule has 0 radical (unpaired) electrons. The molecule has 1 aromatic heterocycles. The summed E-state index contributed by atoms with van der Waals surface area (Å²) in [6, 6.07) is 26.3. The molecule has 1 N–H and O–H groups in total. The first kappa shape index (κ1) is 14.7. The van der Waals surface area contributed by atoms with Crippen LogP contribution < -0.4 is 10.1 Å². The molecule has 0 saturated heterocycles. The van der Waals surface area contributed by atoms with E-state index in [4.69, 9.17) is 4.74 Å². The van der Waals surface area contributed by atoms with Gasteiger partial charge in [-0.3, -0.25) is 0 Å². The molecule has 0 atom stereocenters. The molecule has 0 aliphatic carbocycles. The number of para-hydroxylation sites is 1. The van der Waals surface area contributed by atoms with Gasteiger partial charge in [-0.1, -0.05) is 59.9 Å². The van der Waals surface area contributed by atoms with Crippen LogP contribution >= 0.6 is 11.3 Å². The van der Waals surface area contributed by atoms with E-state index < -0.39 is 0 Å². The van der Waals surface area contributed by atoms with Crippen LogP contribution in [-0.2, 0) is 6.61 Å². The van der Waals surface area contributed by atoms with E-state index in [0.717, 1.165) is 32.3 Å². The zero-order valence-corrected chi connectivity index (χ0v) is 13.8. The fourth-order valence-electron chi connectivity index (χ4n) is 2.43. The molecule has 3 nitrogen and oxygen atoms in total. The van der Waals surface area contributed by atoms with E-state index in [9.17, 15) is 0 Å². The molecular weight excluding hydrogens is 316 g/mol. The smallest absolute Gasteiger partial charge is 0.188 e. The quantitative estimate of drug-likeness (QED) is 0.515. The molecule has 24 heavy (non-hydrogen) atoms. The van der Waals surface area contributed by atoms with Crippen molar-refractivity contribution in [1.82, 2.24) is 4.98 Å². The van der Waals surface area contributed by atoms with E-state index in [1.165, 1.54) is 0 Å². The number of fused-ring (bicyclic) bond motifs is 1. The lowest BCUT2D eigenvalue weighted by molar-refractivity contribution is 0.306. The Morgan fingerprint density at radius 1 is 0.875 bits per heavy atom. The number of nitrogens with one attached hydrogen (secondary N) is 1. The SMILES string of the molecule is c1ccc(COc2ccc3nc(Nc4ccccc4)sc3c2)cc1. The maximum atomic E-state index is 5.89. The molecule has 3 aromatic carbocycles. The predicted molar refractivity (Wildman–Crippen MR) is 100 cm³/mol. The van der Waals surface area contributed by atoms with Gasteiger partial charge in [0.15, 0.2) is 5.13 Å². The number of benzene rings is 3. The van der Waals surface area contributed by atoms with E-state index in [-0.39, 0.29) is 0 Å². The summed E-state index contributed by atoms with van der Waals surface area (Å²) in [6.07, 6.45) is 0. The van der Waals surface area contributed by atoms with Crippen LogP contribution in [-0.4, -0.2) is 4.98 Å². The number of aromatic nitrogens is 1. The Hall–Kier alpha value is -2.85. The minimum atomic E-state index is 0.570. The van der Waals surface area contributed by atoms with Crippen molar-refractivity contribution in [3.8, 4) is 5.75 Å². The Kier molecular flexibility index (Phi) is 4.13. The van der Waals surface area contributed by atoms with Gasteiger partial charge in [-0.05, 0) is 35.9 Å². The number of hydrogen-bond acceptors (Lipinski definition) is 4. The third-order valence-corrected chi connectivity index (χ3v) is 4.57. The summed E-state index contributed by atoms with van der Waals surface area (Å²) < 4.78 is 7.00. The molecule has 4 aromatic rings. The fourth-order valence-corrected chi connectivity index (χ4v) is 3.35. The normalized spacial score (nSPS) is 10.7. The van der Waals surface area contributed by atoms with Gasteiger partial charge in [0.25, 0.3) is 0 Å². The van der Waals surface area contributed by atoms with Gasteiger partial charge in [-0.15, -0.1) is 0 Å². The van der Waals surface area contributed by atoms with Crippen LogP contribution in [0, 0.1) is 0 Å². The first-order valence-electron chi connectivity index (χ1n) is 7.76. The zero-order valence-electron chi connectivity index (χ0n) is 13.0. The van der Waals surface area contributed by atoms with Crippen LogP contribution in [0.2, 0.25) is 0 Å². The molecule has 0 spiro atoms. The highest BCUT2D eigenvalue weighted by molar-refractivity contribution is 7.22. The molecule has 0 saturated carbocycles. The second-order valence-corrected chi connectivity index (χ2v) is 6.44. The lowest BCUT2D eigenvalue weighted by Crippen LogP contribution is -1.94. The monoisotopic (exact) mass is 332 g/mol. The summed E-state index contributed by atoms with van der Waals surface area (Å²) in [7, 11) is 0. The Morgan fingerprint density at radius 2 is 1.62 bits per heavy atom. The predicted octanol–water partition coefficient (Wildman–Crippen LogP) is 5.62. The van der Waals surface area contributed by atoms with Crippen molar-refractivity contribution in [2.75, 3.05) is 5.32 Å². The molecule has 0 aliphatic heterocycles. The van der Waals surface area contributed by atoms with Gasteiger partial charge in [-0.25, -0.2) is 4.98 Å². The van der Waals surface area contributed by atoms with Crippen LogP contribution in [0.4, 0.5) is 10.8 Å². The van der Waals surface area contributed by atoms with Crippen molar-refractivity contribution >= 4 is 32.4 Å². The molecule has 0 bridgehead atoms. The van der Waals surface area contributed by atoms with E-state index in [1.807, 2.05) is 66.7 Å². The van der Waals surface area contributed by atoms with Gasteiger partial charge in [0, 0.05) is 5.69 Å². The molecule has 0 unspecified atom stereocenters.